The molecule has 3 heteroatoms. The minimum absolute atomic E-state index is 0. The van der Waals surface area contributed by atoms with Crippen LogP contribution >= 0.6 is 0 Å². The van der Waals surface area contributed by atoms with Crippen molar-refractivity contribution >= 4 is 53.4 Å². The molecule has 0 amide bonds. The van der Waals surface area contributed by atoms with Crippen LogP contribution < -0.4 is 3.58 Å². The first-order valence-corrected chi connectivity index (χ1v) is 3.98. The summed E-state index contributed by atoms with van der Waals surface area (Å²) in [6.45, 7) is 0. The standard InChI is InChI=1S/C6H5O.Pb.Sn.3H/c7-6-4-2-1-3-5-6;;;;;/h2-5,7H;;;;;. The van der Waals surface area contributed by atoms with Crippen LogP contribution in [0.4, 0.5) is 0 Å². The van der Waals surface area contributed by atoms with Gasteiger partial charge in [0.1, 0.15) is 0 Å². The molecule has 0 aromatic heterocycles. The van der Waals surface area contributed by atoms with Crippen LogP contribution in [-0.2, 0) is 0 Å². The zero-order valence-corrected chi connectivity index (χ0v) is 13.8. The summed E-state index contributed by atoms with van der Waals surface area (Å²) in [4.78, 5) is 0. The molecule has 1 nitrogen and oxygen atoms in total. The van der Waals surface area contributed by atoms with Gasteiger partial charge in [0, 0.05) is 0 Å². The number of phenols is 1. The number of hydrogen-bond acceptors (Lipinski definition) is 1. The van der Waals surface area contributed by atoms with Crippen molar-refractivity contribution in [2.75, 3.05) is 0 Å². The van der Waals surface area contributed by atoms with E-state index in [4.69, 9.17) is 5.11 Å². The van der Waals surface area contributed by atoms with Crippen LogP contribution in [0.25, 0.3) is 0 Å². The van der Waals surface area contributed by atoms with E-state index >= 15 is 0 Å². The van der Waals surface area contributed by atoms with Crippen molar-refractivity contribution in [3.05, 3.63) is 24.3 Å². The molecule has 1 N–H and O–H groups in total. The van der Waals surface area contributed by atoms with Gasteiger partial charge in [-0.25, -0.2) is 0 Å². The van der Waals surface area contributed by atoms with E-state index in [-0.39, 0.29) is 27.3 Å². The van der Waals surface area contributed by atoms with Gasteiger partial charge in [-0.1, -0.05) is 0 Å². The molecule has 9 heavy (non-hydrogen) atoms. The monoisotopic (exact) mass is 424 g/mol. The Morgan fingerprint density at radius 3 is 1.89 bits per heavy atom. The van der Waals surface area contributed by atoms with Gasteiger partial charge in [0.05, 0.1) is 0 Å². The topological polar surface area (TPSA) is 20.2 Å². The van der Waals surface area contributed by atoms with E-state index in [2.05, 4.69) is 0 Å². The molecule has 0 aliphatic heterocycles. The van der Waals surface area contributed by atoms with E-state index in [1.165, 1.54) is 3.58 Å². The second kappa shape index (κ2) is 4.54. The average Bonchev–Trinajstić information content (AvgIpc) is 1.77. The summed E-state index contributed by atoms with van der Waals surface area (Å²) in [5, 5.41) is 8.77. The number of phenolic OH excluding ortho intramolecular Hbond substituents is 1. The molecular weight excluding hydrogens is 414 g/mol. The maximum absolute atomic E-state index is 8.77. The maximum atomic E-state index is 8.77. The summed E-state index contributed by atoms with van der Waals surface area (Å²) < 4.78 is 1.30. The second-order valence-electron chi connectivity index (χ2n) is 1.59. The Bertz CT molecular complexity index is 152. The van der Waals surface area contributed by atoms with Gasteiger partial charge in [-0.3, -0.25) is 0 Å². The number of aromatic hydroxyl groups is 1. The molecule has 4 radical (unpaired) electrons. The van der Waals surface area contributed by atoms with Gasteiger partial charge in [-0.15, -0.1) is 0 Å². The fourth-order valence-corrected chi connectivity index (χ4v) is 1.02. The van der Waals surface area contributed by atoms with Crippen LogP contribution in [0.3, 0.4) is 0 Å². The van der Waals surface area contributed by atoms with Crippen LogP contribution in [-0.4, -0.2) is 54.9 Å². The Morgan fingerprint density at radius 1 is 1.11 bits per heavy atom. The first-order chi connectivity index (χ1) is 3.79. The van der Waals surface area contributed by atoms with E-state index in [0.29, 0.717) is 5.75 Å². The molecule has 1 rings (SSSR count). The predicted octanol–water partition coefficient (Wildman–Crippen LogP) is -0.998. The molecule has 1 aromatic rings. The SMILES string of the molecule is Oc1cc[c]([SnH])cc1.[PbH2]. The van der Waals surface area contributed by atoms with E-state index in [1.807, 2.05) is 12.1 Å². The fourth-order valence-electron chi connectivity index (χ4n) is 0.474. The molecule has 0 unspecified atom stereocenters. The normalized spacial score (nSPS) is 8.11. The Morgan fingerprint density at radius 2 is 1.56 bits per heavy atom. The van der Waals surface area contributed by atoms with Crippen molar-refractivity contribution < 1.29 is 5.11 Å². The third-order valence-corrected chi connectivity index (χ3v) is 1.99. The van der Waals surface area contributed by atoms with Crippen LogP contribution in [0.2, 0.25) is 0 Å². The molecule has 0 saturated carbocycles. The Balaban J connectivity index is 0.000000640. The minimum atomic E-state index is 0. The summed E-state index contributed by atoms with van der Waals surface area (Å²) in [6.07, 6.45) is 0. The van der Waals surface area contributed by atoms with E-state index in [9.17, 15) is 0 Å². The molecule has 0 spiro atoms. The van der Waals surface area contributed by atoms with Crippen molar-refractivity contribution in [3.8, 4) is 5.75 Å². The molecule has 0 heterocycles. The molecule has 0 saturated heterocycles. The van der Waals surface area contributed by atoms with Gasteiger partial charge in [0.25, 0.3) is 0 Å². The predicted molar refractivity (Wildman–Crippen MR) is 43.4 cm³/mol. The van der Waals surface area contributed by atoms with Crippen LogP contribution in [0.1, 0.15) is 0 Å². The van der Waals surface area contributed by atoms with Gasteiger partial charge in [0.2, 0.25) is 0 Å². The summed E-state index contributed by atoms with van der Waals surface area (Å²) in [5.41, 5.74) is 0. The van der Waals surface area contributed by atoms with Crippen molar-refractivity contribution in [2.45, 2.75) is 0 Å². The molecule has 0 aliphatic rings. The van der Waals surface area contributed by atoms with Crippen LogP contribution in [0, 0.1) is 0 Å². The number of hydrogen-bond donors (Lipinski definition) is 1. The summed E-state index contributed by atoms with van der Waals surface area (Å²) in [6, 6.07) is 7.27. The van der Waals surface area contributed by atoms with Crippen molar-refractivity contribution in [1.29, 1.82) is 0 Å². The van der Waals surface area contributed by atoms with Gasteiger partial charge in [-0.05, 0) is 0 Å². The molecule has 0 atom stereocenters. The Hall–Kier alpha value is 0.741. The molecule has 1 aromatic carbocycles. The van der Waals surface area contributed by atoms with Gasteiger partial charge in [0.15, 0.2) is 0 Å². The van der Waals surface area contributed by atoms with E-state index in [0.717, 1.165) is 22.5 Å². The first kappa shape index (κ1) is 9.74. The number of rotatable bonds is 0. The van der Waals surface area contributed by atoms with E-state index in [1.54, 1.807) is 12.1 Å². The fraction of sp³-hybridized carbons (Fsp3) is 0. The third-order valence-electron chi connectivity index (χ3n) is 0.893. The summed E-state index contributed by atoms with van der Waals surface area (Å²) in [5.74, 6) is 0.350. The molecule has 0 bridgehead atoms. The van der Waals surface area contributed by atoms with Crippen LogP contribution in [0.5, 0.6) is 5.75 Å². The van der Waals surface area contributed by atoms with Gasteiger partial charge in [-0.2, -0.15) is 0 Å². The average molecular weight is 422 g/mol. The Labute approximate surface area is 87.7 Å². The first-order valence-electron chi connectivity index (χ1n) is 2.33. The van der Waals surface area contributed by atoms with Crippen molar-refractivity contribution in [3.63, 3.8) is 0 Å². The van der Waals surface area contributed by atoms with Gasteiger partial charge >= 0.3 is 88.5 Å². The van der Waals surface area contributed by atoms with E-state index < -0.39 is 0 Å². The second-order valence-corrected chi connectivity index (χ2v) is 3.49. The summed E-state index contributed by atoms with van der Waals surface area (Å²) in [7, 11) is 0. The molecule has 46 valence electrons. The van der Waals surface area contributed by atoms with Crippen LogP contribution in [0.15, 0.2) is 24.3 Å². The quantitative estimate of drug-likeness (QED) is 0.533. The third kappa shape index (κ3) is 3.44. The van der Waals surface area contributed by atoms with Crippen molar-refractivity contribution in [2.24, 2.45) is 0 Å². The molecule has 0 fully saturated rings. The summed E-state index contributed by atoms with van der Waals surface area (Å²) >= 11 is 1.12. The zero-order chi connectivity index (χ0) is 5.98. The molecular formula is C6H8OPbSn. The zero-order valence-electron chi connectivity index (χ0n) is 5.04. The van der Waals surface area contributed by atoms with Gasteiger partial charge < -0.3 is 0 Å². The van der Waals surface area contributed by atoms with Crippen molar-refractivity contribution in [1.82, 2.24) is 0 Å². The molecule has 0 aliphatic carbocycles. The number of benzene rings is 1. The Kier molecular flexibility index (Phi) is 4.91.